The Kier molecular flexibility index (Phi) is 8.48. The Bertz CT molecular complexity index is 1160. The number of hydrogen-bond acceptors (Lipinski definition) is 5. The molecule has 0 spiro atoms. The predicted octanol–water partition coefficient (Wildman–Crippen LogP) is 4.79. The van der Waals surface area contributed by atoms with Crippen molar-refractivity contribution in [3.8, 4) is 0 Å². The normalized spacial score (nSPS) is 41.9. The number of fused-ring (bicyclic) bond motifs is 5. The monoisotopic (exact) mass is 574 g/mol. The van der Waals surface area contributed by atoms with Crippen LogP contribution in [0.15, 0.2) is 30.3 Å². The van der Waals surface area contributed by atoms with Crippen LogP contribution in [0.5, 0.6) is 0 Å². The van der Waals surface area contributed by atoms with Gasteiger partial charge in [0.25, 0.3) is 0 Å². The zero-order chi connectivity index (χ0) is 28.9. The van der Waals surface area contributed by atoms with Crippen molar-refractivity contribution in [1.82, 2.24) is 9.44 Å². The highest BCUT2D eigenvalue weighted by Gasteiger charge is 2.64. The van der Waals surface area contributed by atoms with Crippen molar-refractivity contribution in [3.05, 3.63) is 35.9 Å². The van der Waals surface area contributed by atoms with Gasteiger partial charge in [0.1, 0.15) is 0 Å². The maximum atomic E-state index is 12.9. The molecule has 1 aromatic carbocycles. The molecule has 4 N–H and O–H groups in total. The van der Waals surface area contributed by atoms with Crippen molar-refractivity contribution in [2.45, 2.75) is 104 Å². The van der Waals surface area contributed by atoms with Gasteiger partial charge in [-0.2, -0.15) is 13.1 Å². The fourth-order valence-corrected chi connectivity index (χ4v) is 11.2. The van der Waals surface area contributed by atoms with Gasteiger partial charge in [-0.25, -0.2) is 4.72 Å². The lowest BCUT2D eigenvalue weighted by molar-refractivity contribution is -0.203. The van der Waals surface area contributed by atoms with Crippen LogP contribution in [0, 0.1) is 52.3 Å². The first-order chi connectivity index (χ1) is 18.9. The molecule has 4 aliphatic carbocycles. The Balaban J connectivity index is 1.26. The van der Waals surface area contributed by atoms with Crippen LogP contribution in [0.2, 0.25) is 0 Å². The zero-order valence-corrected chi connectivity index (χ0v) is 25.5. The molecule has 5 rings (SSSR count). The lowest BCUT2D eigenvalue weighted by atomic mass is 9.41. The lowest BCUT2D eigenvalue weighted by Gasteiger charge is -2.64. The van der Waals surface area contributed by atoms with Crippen LogP contribution in [0.3, 0.4) is 0 Å². The van der Waals surface area contributed by atoms with Crippen LogP contribution in [0.4, 0.5) is 0 Å². The lowest BCUT2D eigenvalue weighted by Crippen LogP contribution is -2.62. The molecule has 7 nitrogen and oxygen atoms in total. The van der Waals surface area contributed by atoms with E-state index in [-0.39, 0.29) is 53.8 Å². The third-order valence-corrected chi connectivity index (χ3v) is 13.2. The highest BCUT2D eigenvalue weighted by atomic mass is 32.2. The molecule has 1 amide bonds. The van der Waals surface area contributed by atoms with Gasteiger partial charge in [0, 0.05) is 13.0 Å². The number of benzene rings is 1. The van der Waals surface area contributed by atoms with Gasteiger partial charge in [-0.3, -0.25) is 4.79 Å². The van der Waals surface area contributed by atoms with Gasteiger partial charge in [0.2, 0.25) is 5.91 Å². The SMILES string of the molecule is CC[C@H]1[C@@H](O)[C@@H]2[C@H](CC[C@]3(C)[C@@H]([C@@H](C)CC(=O)NS(=O)(=O)NCc4ccccc4)CC[C@@H]23)[C@@]2(C)CC[C@@H](O)C[C@@H]12. The highest BCUT2D eigenvalue weighted by molar-refractivity contribution is 7.88. The molecule has 0 bridgehead atoms. The Morgan fingerprint density at radius 1 is 1.00 bits per heavy atom. The van der Waals surface area contributed by atoms with E-state index in [0.717, 1.165) is 56.9 Å². The molecule has 0 aliphatic heterocycles. The van der Waals surface area contributed by atoms with E-state index in [1.54, 1.807) is 0 Å². The number of nitrogens with one attached hydrogen (secondary N) is 2. The van der Waals surface area contributed by atoms with Crippen LogP contribution in [-0.2, 0) is 21.5 Å². The van der Waals surface area contributed by atoms with E-state index in [1.807, 2.05) is 30.3 Å². The molecular weight excluding hydrogens is 524 g/mol. The summed E-state index contributed by atoms with van der Waals surface area (Å²) in [6.07, 6.45) is 7.48. The summed E-state index contributed by atoms with van der Waals surface area (Å²) in [4.78, 5) is 12.9. The van der Waals surface area contributed by atoms with E-state index in [0.29, 0.717) is 23.7 Å². The number of aliphatic hydroxyl groups is 2. The number of hydrogen-bond donors (Lipinski definition) is 4. The maximum Gasteiger partial charge on any atom is 0.301 e. The number of rotatable bonds is 8. The van der Waals surface area contributed by atoms with E-state index in [1.165, 1.54) is 0 Å². The van der Waals surface area contributed by atoms with Crippen LogP contribution in [-0.4, -0.2) is 36.7 Å². The van der Waals surface area contributed by atoms with Gasteiger partial charge in [-0.1, -0.05) is 64.4 Å². The van der Waals surface area contributed by atoms with Crippen molar-refractivity contribution in [2.24, 2.45) is 52.3 Å². The first-order valence-electron chi connectivity index (χ1n) is 15.6. The summed E-state index contributed by atoms with van der Waals surface area (Å²) in [6.45, 7) is 9.25. The van der Waals surface area contributed by atoms with E-state index >= 15 is 0 Å². The quantitative estimate of drug-likeness (QED) is 0.356. The number of amides is 1. The third-order valence-electron chi connectivity index (χ3n) is 12.2. The molecule has 0 radical (unpaired) electrons. The van der Waals surface area contributed by atoms with E-state index in [4.69, 9.17) is 0 Å². The number of carbonyl (C=O) groups excluding carboxylic acids is 1. The summed E-state index contributed by atoms with van der Waals surface area (Å²) in [5, 5.41) is 22.4. The second-order valence-electron chi connectivity index (χ2n) is 14.1. The Morgan fingerprint density at radius 2 is 1.68 bits per heavy atom. The van der Waals surface area contributed by atoms with Crippen molar-refractivity contribution in [3.63, 3.8) is 0 Å². The smallest absolute Gasteiger partial charge is 0.301 e. The van der Waals surface area contributed by atoms with E-state index in [2.05, 4.69) is 37.1 Å². The van der Waals surface area contributed by atoms with Gasteiger partial charge in [0.05, 0.1) is 12.2 Å². The van der Waals surface area contributed by atoms with Crippen molar-refractivity contribution in [1.29, 1.82) is 0 Å². The van der Waals surface area contributed by atoms with Gasteiger partial charge >= 0.3 is 10.2 Å². The van der Waals surface area contributed by atoms with Gasteiger partial charge in [-0.15, -0.1) is 0 Å². The minimum Gasteiger partial charge on any atom is -0.393 e. The Labute approximate surface area is 241 Å². The minimum absolute atomic E-state index is 0.0297. The molecule has 1 aromatic rings. The molecule has 0 unspecified atom stereocenters. The molecule has 224 valence electrons. The third kappa shape index (κ3) is 5.38. The van der Waals surface area contributed by atoms with Crippen LogP contribution in [0.25, 0.3) is 0 Å². The molecular formula is C32H50N2O5S. The fraction of sp³-hybridized carbons (Fsp3) is 0.781. The van der Waals surface area contributed by atoms with Gasteiger partial charge in [-0.05, 0) is 103 Å². The molecule has 4 saturated carbocycles. The summed E-state index contributed by atoms with van der Waals surface area (Å²) in [5.74, 6) is 1.63. The van der Waals surface area contributed by atoms with Gasteiger partial charge < -0.3 is 10.2 Å². The zero-order valence-electron chi connectivity index (χ0n) is 24.7. The largest absolute Gasteiger partial charge is 0.393 e. The summed E-state index contributed by atoms with van der Waals surface area (Å²) < 4.78 is 29.8. The number of aliphatic hydroxyl groups excluding tert-OH is 2. The van der Waals surface area contributed by atoms with Crippen molar-refractivity contribution in [2.75, 3.05) is 0 Å². The summed E-state index contributed by atoms with van der Waals surface area (Å²) >= 11 is 0. The van der Waals surface area contributed by atoms with Crippen LogP contribution < -0.4 is 9.44 Å². The second-order valence-corrected chi connectivity index (χ2v) is 15.6. The highest BCUT2D eigenvalue weighted by Crippen LogP contribution is 2.69. The predicted molar refractivity (Wildman–Crippen MR) is 156 cm³/mol. The summed E-state index contributed by atoms with van der Waals surface area (Å²) in [6, 6.07) is 9.24. The average molecular weight is 575 g/mol. The minimum atomic E-state index is -3.94. The van der Waals surface area contributed by atoms with Crippen molar-refractivity contribution >= 4 is 16.1 Å². The Morgan fingerprint density at radius 3 is 2.38 bits per heavy atom. The van der Waals surface area contributed by atoms with E-state index in [9.17, 15) is 23.4 Å². The summed E-state index contributed by atoms with van der Waals surface area (Å²) in [7, 11) is -3.94. The van der Waals surface area contributed by atoms with Gasteiger partial charge in [0.15, 0.2) is 0 Å². The molecule has 40 heavy (non-hydrogen) atoms. The maximum absolute atomic E-state index is 12.9. The number of carbonyl (C=O) groups is 1. The molecule has 8 heteroatoms. The molecule has 4 aliphatic rings. The second kappa shape index (κ2) is 11.3. The molecule has 4 fully saturated rings. The molecule has 11 atom stereocenters. The topological polar surface area (TPSA) is 116 Å². The first-order valence-corrected chi connectivity index (χ1v) is 17.1. The first kappa shape index (κ1) is 30.0. The molecule has 0 heterocycles. The Hall–Kier alpha value is -1.48. The average Bonchev–Trinajstić information content (AvgIpc) is 3.26. The molecule has 0 saturated heterocycles. The fourth-order valence-electron chi connectivity index (χ4n) is 10.4. The molecule has 0 aromatic heterocycles. The van der Waals surface area contributed by atoms with Crippen LogP contribution in [0.1, 0.15) is 91.0 Å². The van der Waals surface area contributed by atoms with E-state index < -0.39 is 16.1 Å². The van der Waals surface area contributed by atoms with Crippen LogP contribution >= 0.6 is 0 Å². The standard InChI is InChI=1S/C32H50N2O5S/c1-5-23-27-18-22(35)13-15-32(27,4)26-14-16-31(3)24(11-12-25(31)29(26)30(23)37)20(2)17-28(36)34-40(38,39)33-19-21-9-7-6-8-10-21/h6-10,20,22-27,29-30,33,35,37H,5,11-19H2,1-4H3,(H,34,36)/t20-,22+,23+,24+,25-,26-,27-,29-,30+,31+,32+/m0/s1. The summed E-state index contributed by atoms with van der Waals surface area (Å²) in [5.41, 5.74) is 1.02. The van der Waals surface area contributed by atoms with Crippen molar-refractivity contribution < 1.29 is 23.4 Å².